The van der Waals surface area contributed by atoms with E-state index in [0.29, 0.717) is 34.6 Å². The molecule has 0 saturated heterocycles. The van der Waals surface area contributed by atoms with Crippen molar-refractivity contribution in [1.82, 2.24) is 9.47 Å². The summed E-state index contributed by atoms with van der Waals surface area (Å²) in [6, 6.07) is 20.9. The molecule has 0 spiro atoms. The third kappa shape index (κ3) is 8.26. The number of aromatic nitrogens is 1. The molecular formula is C38H40ClF2N3O4S. The summed E-state index contributed by atoms with van der Waals surface area (Å²) < 4.78 is 37.2. The molecule has 2 heterocycles. The van der Waals surface area contributed by atoms with E-state index in [0.717, 1.165) is 16.0 Å². The lowest BCUT2D eigenvalue weighted by Crippen LogP contribution is -2.27. The normalized spacial score (nSPS) is 11.3. The van der Waals surface area contributed by atoms with E-state index in [4.69, 9.17) is 4.74 Å². The number of hydrogen-bond donors (Lipinski definition) is 1. The number of anilines is 1. The van der Waals surface area contributed by atoms with Crippen LogP contribution in [0.25, 0.3) is 20.7 Å². The zero-order valence-electron chi connectivity index (χ0n) is 28.3. The molecular weight excluding hydrogens is 668 g/mol. The van der Waals surface area contributed by atoms with Crippen molar-refractivity contribution in [3.8, 4) is 10.4 Å². The van der Waals surface area contributed by atoms with Crippen molar-refractivity contribution in [3.05, 3.63) is 123 Å². The van der Waals surface area contributed by atoms with Gasteiger partial charge in [-0.05, 0) is 68.8 Å². The topological polar surface area (TPSA) is 80.6 Å². The fourth-order valence-corrected chi connectivity index (χ4v) is 6.96. The molecule has 0 unspecified atom stereocenters. The molecule has 0 radical (unpaired) electrons. The fraction of sp³-hybridized carbons (Fsp3) is 0.289. The van der Waals surface area contributed by atoms with Gasteiger partial charge in [-0.15, -0.1) is 23.7 Å². The van der Waals surface area contributed by atoms with Crippen LogP contribution in [0.3, 0.4) is 0 Å². The zero-order chi connectivity index (χ0) is 34.7. The van der Waals surface area contributed by atoms with Crippen molar-refractivity contribution in [2.24, 2.45) is 5.92 Å². The van der Waals surface area contributed by atoms with E-state index in [1.807, 2.05) is 63.4 Å². The summed E-state index contributed by atoms with van der Waals surface area (Å²) >= 11 is 1.32. The van der Waals surface area contributed by atoms with Crippen molar-refractivity contribution in [2.45, 2.75) is 60.4 Å². The van der Waals surface area contributed by atoms with Gasteiger partial charge in [0.15, 0.2) is 0 Å². The number of carbonyl (C=O) groups excluding carboxylic acids is 2. The van der Waals surface area contributed by atoms with Crippen LogP contribution in [-0.2, 0) is 29.2 Å². The number of amides is 1. The number of esters is 1. The first kappa shape index (κ1) is 37.4. The Morgan fingerprint density at radius 3 is 2.12 bits per heavy atom. The first-order valence-corrected chi connectivity index (χ1v) is 16.6. The van der Waals surface area contributed by atoms with Gasteiger partial charge in [0.1, 0.15) is 22.0 Å². The molecule has 5 aromatic rings. The van der Waals surface area contributed by atoms with Crippen LogP contribution in [-0.4, -0.2) is 34.5 Å². The molecule has 5 rings (SSSR count). The van der Waals surface area contributed by atoms with E-state index in [9.17, 15) is 14.4 Å². The van der Waals surface area contributed by atoms with Crippen LogP contribution < -0.4 is 10.7 Å². The maximum Gasteiger partial charge on any atom is 0.344 e. The molecule has 1 amide bonds. The predicted octanol–water partition coefficient (Wildman–Crippen LogP) is 8.58. The molecule has 258 valence electrons. The first-order chi connectivity index (χ1) is 22.8. The quantitative estimate of drug-likeness (QED) is 0.139. The molecule has 0 fully saturated rings. The first-order valence-electron chi connectivity index (χ1n) is 15.8. The SMILES string of the molecule is Cc1c(C(=O)OC(C)C)c(=O)c2c(CN(C)Cc3ccccc3)c(-c3ccc(NC(=O)C(C)C)cc3)sc2n1Cc1c(F)cccc1F.Cl. The Morgan fingerprint density at radius 1 is 0.898 bits per heavy atom. The molecule has 11 heteroatoms. The Balaban J connectivity index is 0.00000541. The van der Waals surface area contributed by atoms with E-state index < -0.39 is 29.1 Å². The van der Waals surface area contributed by atoms with E-state index in [1.165, 1.54) is 29.5 Å². The third-order valence-electron chi connectivity index (χ3n) is 8.04. The van der Waals surface area contributed by atoms with Gasteiger partial charge in [0.2, 0.25) is 11.3 Å². The Kier molecular flexibility index (Phi) is 12.1. The summed E-state index contributed by atoms with van der Waals surface area (Å²) in [5.41, 5.74) is 2.58. The lowest BCUT2D eigenvalue weighted by Gasteiger charge is -2.19. The molecule has 0 atom stereocenters. The number of rotatable bonds is 11. The summed E-state index contributed by atoms with van der Waals surface area (Å²) in [6.45, 7) is 9.29. The molecule has 0 saturated carbocycles. The number of fused-ring (bicyclic) bond motifs is 1. The van der Waals surface area contributed by atoms with Crippen molar-refractivity contribution in [1.29, 1.82) is 0 Å². The van der Waals surface area contributed by atoms with Gasteiger partial charge in [-0.25, -0.2) is 13.6 Å². The predicted molar refractivity (Wildman–Crippen MR) is 195 cm³/mol. The third-order valence-corrected chi connectivity index (χ3v) is 9.35. The van der Waals surface area contributed by atoms with Gasteiger partial charge in [-0.1, -0.05) is 62.4 Å². The highest BCUT2D eigenvalue weighted by Gasteiger charge is 2.28. The number of carbonyl (C=O) groups is 2. The van der Waals surface area contributed by atoms with Crippen LogP contribution in [0.2, 0.25) is 0 Å². The molecule has 1 N–H and O–H groups in total. The molecule has 49 heavy (non-hydrogen) atoms. The number of nitrogens with zero attached hydrogens (tertiary/aromatic N) is 2. The van der Waals surface area contributed by atoms with Crippen LogP contribution in [0.5, 0.6) is 0 Å². The number of halogens is 3. The van der Waals surface area contributed by atoms with Gasteiger partial charge in [-0.3, -0.25) is 14.5 Å². The van der Waals surface area contributed by atoms with Crippen LogP contribution >= 0.6 is 23.7 Å². The maximum absolute atomic E-state index is 15.0. The van der Waals surface area contributed by atoms with Crippen molar-refractivity contribution >= 4 is 51.5 Å². The number of thiophene rings is 1. The average molecular weight is 708 g/mol. The van der Waals surface area contributed by atoms with E-state index >= 15 is 8.78 Å². The lowest BCUT2D eigenvalue weighted by atomic mass is 10.0. The summed E-state index contributed by atoms with van der Waals surface area (Å²) in [5, 5.41) is 3.20. The maximum atomic E-state index is 15.0. The van der Waals surface area contributed by atoms with Crippen molar-refractivity contribution in [2.75, 3.05) is 12.4 Å². The standard InChI is InChI=1S/C38H39F2N3O4S.ClH/c1-22(2)36(45)41-27-17-15-26(16-18-27)35-29(20-42(6)19-25-11-8-7-9-12-25)33-34(44)32(38(46)47-23(3)4)24(5)43(37(33)48-35)21-28-30(39)13-10-14-31(28)40;/h7-18,22-23H,19-21H2,1-6H3,(H,41,45);1H. The fourth-order valence-electron chi connectivity index (χ4n) is 5.59. The van der Waals surface area contributed by atoms with E-state index in [-0.39, 0.29) is 47.6 Å². The second-order valence-electron chi connectivity index (χ2n) is 12.5. The summed E-state index contributed by atoms with van der Waals surface area (Å²) in [4.78, 5) is 43.6. The second-order valence-corrected chi connectivity index (χ2v) is 13.5. The number of nitrogens with one attached hydrogen (secondary N) is 1. The van der Waals surface area contributed by atoms with Crippen LogP contribution in [0.4, 0.5) is 14.5 Å². The van der Waals surface area contributed by atoms with Crippen LogP contribution in [0, 0.1) is 24.5 Å². The highest BCUT2D eigenvalue weighted by atomic mass is 35.5. The van der Waals surface area contributed by atoms with Crippen LogP contribution in [0.15, 0.2) is 77.6 Å². The zero-order valence-corrected chi connectivity index (χ0v) is 29.9. The summed E-state index contributed by atoms with van der Waals surface area (Å²) in [5.74, 6) is -2.55. The smallest absolute Gasteiger partial charge is 0.344 e. The number of ether oxygens (including phenoxy) is 1. The largest absolute Gasteiger partial charge is 0.459 e. The molecule has 2 aromatic heterocycles. The minimum atomic E-state index is -0.793. The molecule has 0 aliphatic heterocycles. The van der Waals surface area contributed by atoms with Crippen LogP contribution in [0.1, 0.15) is 60.4 Å². The van der Waals surface area contributed by atoms with Gasteiger partial charge in [0.05, 0.1) is 18.0 Å². The van der Waals surface area contributed by atoms with Gasteiger partial charge >= 0.3 is 5.97 Å². The van der Waals surface area contributed by atoms with Gasteiger partial charge in [-0.2, -0.15) is 0 Å². The highest BCUT2D eigenvalue weighted by Crippen LogP contribution is 2.40. The monoisotopic (exact) mass is 707 g/mol. The van der Waals surface area contributed by atoms with Crippen molar-refractivity contribution < 1.29 is 23.1 Å². The summed E-state index contributed by atoms with van der Waals surface area (Å²) in [7, 11) is 1.94. The second kappa shape index (κ2) is 15.9. The Morgan fingerprint density at radius 2 is 1.53 bits per heavy atom. The van der Waals surface area contributed by atoms with E-state index in [1.54, 1.807) is 37.5 Å². The van der Waals surface area contributed by atoms with E-state index in [2.05, 4.69) is 10.2 Å². The summed E-state index contributed by atoms with van der Waals surface area (Å²) in [6.07, 6.45) is -0.492. The molecule has 0 aliphatic rings. The number of benzene rings is 3. The van der Waals surface area contributed by atoms with Gasteiger partial charge < -0.3 is 14.6 Å². The number of hydrogen-bond acceptors (Lipinski definition) is 6. The Hall–Kier alpha value is -4.38. The highest BCUT2D eigenvalue weighted by molar-refractivity contribution is 7.22. The minimum Gasteiger partial charge on any atom is -0.459 e. The average Bonchev–Trinajstić information content (AvgIpc) is 3.39. The van der Waals surface area contributed by atoms with Gasteiger partial charge in [0, 0.05) is 40.8 Å². The lowest BCUT2D eigenvalue weighted by molar-refractivity contribution is -0.118. The minimum absolute atomic E-state index is 0. The molecule has 3 aromatic carbocycles. The Bertz CT molecular complexity index is 2010. The molecule has 0 bridgehead atoms. The molecule has 7 nitrogen and oxygen atoms in total. The van der Waals surface area contributed by atoms with Gasteiger partial charge in [0.25, 0.3) is 0 Å². The van der Waals surface area contributed by atoms with Crippen molar-refractivity contribution in [3.63, 3.8) is 0 Å². The Labute approximate surface area is 294 Å². The molecule has 0 aliphatic carbocycles. The number of pyridine rings is 1.